The molecule has 0 aromatic heterocycles. The van der Waals surface area contributed by atoms with Gasteiger partial charge >= 0.3 is 5.97 Å². The van der Waals surface area contributed by atoms with Gasteiger partial charge in [-0.1, -0.05) is 56.0 Å². The van der Waals surface area contributed by atoms with Crippen LogP contribution < -0.4 is 5.32 Å². The number of hydrogen-bond acceptors (Lipinski definition) is 5. The zero-order chi connectivity index (χ0) is 22.2. The fourth-order valence-corrected chi connectivity index (χ4v) is 3.79. The van der Waals surface area contributed by atoms with E-state index >= 15 is 0 Å². The van der Waals surface area contributed by atoms with E-state index in [0.717, 1.165) is 44.1 Å². The Morgan fingerprint density at radius 1 is 0.742 bits per heavy atom. The van der Waals surface area contributed by atoms with Gasteiger partial charge in [0.25, 0.3) is 0 Å². The van der Waals surface area contributed by atoms with Crippen molar-refractivity contribution in [2.75, 3.05) is 12.4 Å². The molecule has 6 heteroatoms. The Balaban J connectivity index is 1.46. The summed E-state index contributed by atoms with van der Waals surface area (Å²) in [5.74, 6) is -1.34. The molecule has 0 saturated heterocycles. The number of esters is 1. The summed E-state index contributed by atoms with van der Waals surface area (Å²) >= 11 is 0. The average molecular weight is 421 g/mol. The van der Waals surface area contributed by atoms with Gasteiger partial charge in [0.05, 0.1) is 7.11 Å². The van der Waals surface area contributed by atoms with Crippen molar-refractivity contribution in [2.45, 2.75) is 51.4 Å². The molecule has 0 heterocycles. The molecular weight excluding hydrogens is 394 g/mol. The third-order valence-corrected chi connectivity index (χ3v) is 5.48. The fourth-order valence-electron chi connectivity index (χ4n) is 3.79. The van der Waals surface area contributed by atoms with E-state index < -0.39 is 11.6 Å². The minimum atomic E-state index is -0.544. The summed E-state index contributed by atoms with van der Waals surface area (Å²) in [6.07, 6.45) is 6.43. The van der Waals surface area contributed by atoms with Crippen molar-refractivity contribution in [1.82, 2.24) is 0 Å². The molecule has 2 aromatic rings. The maximum Gasteiger partial charge on any atom is 0.305 e. The van der Waals surface area contributed by atoms with Crippen molar-refractivity contribution in [3.63, 3.8) is 0 Å². The molecule has 0 bridgehead atoms. The van der Waals surface area contributed by atoms with E-state index in [1.807, 2.05) is 12.1 Å². The molecular formula is C25H27NO5. The van der Waals surface area contributed by atoms with Gasteiger partial charge in [0.2, 0.25) is 17.5 Å². The van der Waals surface area contributed by atoms with Gasteiger partial charge in [0.15, 0.2) is 0 Å². The zero-order valence-corrected chi connectivity index (χ0v) is 17.7. The van der Waals surface area contributed by atoms with Crippen molar-refractivity contribution in [3.8, 4) is 11.1 Å². The van der Waals surface area contributed by atoms with Crippen molar-refractivity contribution < 1.29 is 23.9 Å². The highest BCUT2D eigenvalue weighted by Crippen LogP contribution is 2.34. The van der Waals surface area contributed by atoms with Crippen molar-refractivity contribution in [1.29, 1.82) is 0 Å². The van der Waals surface area contributed by atoms with Crippen molar-refractivity contribution in [2.24, 2.45) is 0 Å². The van der Waals surface area contributed by atoms with Crippen molar-refractivity contribution in [3.05, 3.63) is 53.6 Å². The predicted octanol–water partition coefficient (Wildman–Crippen LogP) is 4.96. The van der Waals surface area contributed by atoms with Crippen LogP contribution in [0, 0.1) is 0 Å². The van der Waals surface area contributed by atoms with Crippen LogP contribution in [-0.2, 0) is 14.3 Å². The van der Waals surface area contributed by atoms with E-state index in [1.165, 1.54) is 7.11 Å². The lowest BCUT2D eigenvalue weighted by atomic mass is 9.84. The fraction of sp³-hybridized carbons (Fsp3) is 0.360. The largest absolute Gasteiger partial charge is 0.469 e. The second-order valence-corrected chi connectivity index (χ2v) is 7.71. The van der Waals surface area contributed by atoms with E-state index in [2.05, 4.69) is 10.1 Å². The van der Waals surface area contributed by atoms with E-state index in [9.17, 15) is 19.2 Å². The summed E-state index contributed by atoms with van der Waals surface area (Å²) < 4.78 is 4.61. The summed E-state index contributed by atoms with van der Waals surface area (Å²) in [6, 6.07) is 12.2. The molecule has 31 heavy (non-hydrogen) atoms. The van der Waals surface area contributed by atoms with Crippen molar-refractivity contribution >= 4 is 29.1 Å². The minimum absolute atomic E-state index is 0.111. The molecule has 1 N–H and O–H groups in total. The van der Waals surface area contributed by atoms with Gasteiger partial charge in [-0.3, -0.25) is 19.2 Å². The van der Waals surface area contributed by atoms with Gasteiger partial charge in [-0.15, -0.1) is 0 Å². The second kappa shape index (κ2) is 10.7. The Morgan fingerprint density at radius 2 is 1.32 bits per heavy atom. The number of carbonyl (C=O) groups excluding carboxylic acids is 4. The lowest BCUT2D eigenvalue weighted by Crippen LogP contribution is -2.21. The maximum absolute atomic E-state index is 12.5. The highest BCUT2D eigenvalue weighted by Gasteiger charge is 2.30. The zero-order valence-electron chi connectivity index (χ0n) is 17.7. The third-order valence-electron chi connectivity index (χ3n) is 5.48. The average Bonchev–Trinajstić information content (AvgIpc) is 2.79. The molecule has 0 fully saturated rings. The Bertz CT molecular complexity index is 995. The van der Waals surface area contributed by atoms with E-state index in [0.29, 0.717) is 35.2 Å². The molecule has 6 nitrogen and oxygen atoms in total. The van der Waals surface area contributed by atoms with Gasteiger partial charge in [0.1, 0.15) is 0 Å². The molecule has 1 aliphatic carbocycles. The van der Waals surface area contributed by atoms with Crippen LogP contribution in [0.3, 0.4) is 0 Å². The normalized spacial score (nSPS) is 12.2. The number of benzene rings is 2. The molecule has 0 radical (unpaired) electrons. The van der Waals surface area contributed by atoms with Gasteiger partial charge in [-0.25, -0.2) is 0 Å². The number of carbonyl (C=O) groups is 4. The van der Waals surface area contributed by atoms with E-state index in [-0.39, 0.29) is 11.9 Å². The molecule has 2 aromatic carbocycles. The first-order valence-electron chi connectivity index (χ1n) is 10.7. The first-order valence-corrected chi connectivity index (χ1v) is 10.7. The highest BCUT2D eigenvalue weighted by molar-refractivity contribution is 6.53. The molecule has 0 spiro atoms. The number of Topliss-reactive ketones (excluding diaryl/α,β-unsaturated/α-hetero) is 2. The smallest absolute Gasteiger partial charge is 0.305 e. The van der Waals surface area contributed by atoms with Crippen LogP contribution in [-0.4, -0.2) is 30.6 Å². The molecule has 0 saturated carbocycles. The Morgan fingerprint density at radius 3 is 2.03 bits per heavy atom. The number of hydrogen-bond donors (Lipinski definition) is 1. The summed E-state index contributed by atoms with van der Waals surface area (Å²) in [6.45, 7) is 0. The Kier molecular flexibility index (Phi) is 7.70. The number of ether oxygens (including phenoxy) is 1. The Hall–Kier alpha value is -3.28. The van der Waals surface area contributed by atoms with Crippen LogP contribution in [0.15, 0.2) is 42.5 Å². The number of ketones is 2. The van der Waals surface area contributed by atoms with Gasteiger partial charge in [-0.05, 0) is 36.1 Å². The van der Waals surface area contributed by atoms with Crippen LogP contribution in [0.1, 0.15) is 72.1 Å². The van der Waals surface area contributed by atoms with Crippen LogP contribution in [0.4, 0.5) is 5.69 Å². The van der Waals surface area contributed by atoms with Crippen LogP contribution in [0.5, 0.6) is 0 Å². The van der Waals surface area contributed by atoms with Crippen LogP contribution in [0.25, 0.3) is 11.1 Å². The number of anilines is 1. The minimum Gasteiger partial charge on any atom is -0.469 e. The molecule has 0 aliphatic heterocycles. The van der Waals surface area contributed by atoms with Gasteiger partial charge in [0, 0.05) is 29.7 Å². The number of rotatable bonds is 10. The summed E-state index contributed by atoms with van der Waals surface area (Å²) in [5.41, 5.74) is 2.72. The van der Waals surface area contributed by atoms with Crippen LogP contribution in [0.2, 0.25) is 0 Å². The number of methoxy groups -OCH3 is 1. The number of unbranched alkanes of at least 4 members (excludes halogenated alkanes) is 5. The molecule has 3 rings (SSSR count). The molecule has 0 atom stereocenters. The molecule has 1 amide bonds. The number of amides is 1. The molecule has 0 unspecified atom stereocenters. The standard InChI is InChI=1S/C25H27NO5/c1-31-23(28)13-7-5-3-2-4-6-12-22(27)26-17-14-15-19-18-10-8-9-11-20(18)24(29)25(30)21(19)16-17/h8-11,14-16H,2-7,12-13H2,1H3,(H,26,27). The Labute approximate surface area is 182 Å². The lowest BCUT2D eigenvalue weighted by molar-refractivity contribution is -0.140. The summed E-state index contributed by atoms with van der Waals surface area (Å²) in [7, 11) is 1.40. The predicted molar refractivity (Wildman–Crippen MR) is 118 cm³/mol. The highest BCUT2D eigenvalue weighted by atomic mass is 16.5. The van der Waals surface area contributed by atoms with Crippen LogP contribution >= 0.6 is 0 Å². The molecule has 162 valence electrons. The quantitative estimate of drug-likeness (QED) is 0.332. The lowest BCUT2D eigenvalue weighted by Gasteiger charge is -2.18. The summed E-state index contributed by atoms with van der Waals surface area (Å²) in [4.78, 5) is 48.2. The monoisotopic (exact) mass is 421 g/mol. The van der Waals surface area contributed by atoms with Gasteiger partial charge in [-0.2, -0.15) is 0 Å². The van der Waals surface area contributed by atoms with E-state index in [1.54, 1.807) is 30.3 Å². The third kappa shape index (κ3) is 5.66. The van der Waals surface area contributed by atoms with E-state index in [4.69, 9.17) is 0 Å². The number of fused-ring (bicyclic) bond motifs is 3. The SMILES string of the molecule is COC(=O)CCCCCCCCC(=O)Nc1ccc2c(c1)C(=O)C(=O)c1ccccc1-2. The van der Waals surface area contributed by atoms with Gasteiger partial charge < -0.3 is 10.1 Å². The first kappa shape index (κ1) is 22.4. The summed E-state index contributed by atoms with van der Waals surface area (Å²) in [5, 5.41) is 2.83. The first-order chi connectivity index (χ1) is 15.0. The number of nitrogens with one attached hydrogen (secondary N) is 1. The molecule has 1 aliphatic rings. The topological polar surface area (TPSA) is 89.5 Å². The second-order valence-electron chi connectivity index (χ2n) is 7.71. The maximum atomic E-state index is 12.5.